The molecule has 0 radical (unpaired) electrons. The molecule has 1 aromatic rings. The van der Waals surface area contributed by atoms with Gasteiger partial charge in [-0.05, 0) is 64.4 Å². The summed E-state index contributed by atoms with van der Waals surface area (Å²) >= 11 is 0. The zero-order valence-corrected chi connectivity index (χ0v) is 15.1. The summed E-state index contributed by atoms with van der Waals surface area (Å²) in [6.45, 7) is 12.8. The molecule has 0 unspecified atom stereocenters. The van der Waals surface area contributed by atoms with Crippen LogP contribution in [0.25, 0.3) is 0 Å². The summed E-state index contributed by atoms with van der Waals surface area (Å²) in [6.07, 6.45) is 0. The average molecular weight is 319 g/mol. The van der Waals surface area contributed by atoms with E-state index in [2.05, 4.69) is 16.7 Å². The van der Waals surface area contributed by atoms with Crippen LogP contribution in [0.1, 0.15) is 38.8 Å². The quantitative estimate of drug-likeness (QED) is 0.847. The molecule has 0 aromatic heterocycles. The van der Waals surface area contributed by atoms with E-state index in [1.54, 1.807) is 0 Å². The summed E-state index contributed by atoms with van der Waals surface area (Å²) in [7, 11) is 0. The number of amides is 2. The average Bonchev–Trinajstić information content (AvgIpc) is 2.33. The molecular weight excluding hydrogens is 290 g/mol. The fourth-order valence-corrected chi connectivity index (χ4v) is 2.39. The SMILES string of the molecule is CCN(CC(=O)Nc1cc(C)cc(C)c1)CC(=O)NC(C)(C)C. The first-order chi connectivity index (χ1) is 10.6. The predicted molar refractivity (Wildman–Crippen MR) is 94.6 cm³/mol. The molecule has 1 aromatic carbocycles. The third-order valence-corrected chi connectivity index (χ3v) is 3.20. The van der Waals surface area contributed by atoms with E-state index >= 15 is 0 Å². The molecule has 0 heterocycles. The lowest BCUT2D eigenvalue weighted by Gasteiger charge is -2.24. The molecule has 0 saturated heterocycles. The maximum Gasteiger partial charge on any atom is 0.238 e. The molecule has 1 rings (SSSR count). The second-order valence-electron chi connectivity index (χ2n) is 7.03. The molecule has 0 fully saturated rings. The number of carbonyl (C=O) groups excluding carboxylic acids is 2. The van der Waals surface area contributed by atoms with Gasteiger partial charge in [0.25, 0.3) is 0 Å². The van der Waals surface area contributed by atoms with Crippen LogP contribution in [-0.4, -0.2) is 41.9 Å². The molecule has 0 bridgehead atoms. The van der Waals surface area contributed by atoms with Gasteiger partial charge in [0.1, 0.15) is 0 Å². The highest BCUT2D eigenvalue weighted by Gasteiger charge is 2.17. The van der Waals surface area contributed by atoms with Gasteiger partial charge in [-0.25, -0.2) is 0 Å². The van der Waals surface area contributed by atoms with Crippen molar-refractivity contribution in [2.75, 3.05) is 25.0 Å². The highest BCUT2D eigenvalue weighted by Crippen LogP contribution is 2.13. The lowest BCUT2D eigenvalue weighted by Crippen LogP contribution is -2.47. The Bertz CT molecular complexity index is 542. The monoisotopic (exact) mass is 319 g/mol. The van der Waals surface area contributed by atoms with Gasteiger partial charge in [-0.2, -0.15) is 0 Å². The van der Waals surface area contributed by atoms with E-state index < -0.39 is 0 Å². The van der Waals surface area contributed by atoms with E-state index in [9.17, 15) is 9.59 Å². The second kappa shape index (κ2) is 8.11. The molecular formula is C18H29N3O2. The number of aryl methyl sites for hydroxylation is 2. The summed E-state index contributed by atoms with van der Waals surface area (Å²) in [5.41, 5.74) is 2.75. The third-order valence-electron chi connectivity index (χ3n) is 3.20. The van der Waals surface area contributed by atoms with Crippen molar-refractivity contribution in [2.24, 2.45) is 0 Å². The van der Waals surface area contributed by atoms with Gasteiger partial charge in [0.05, 0.1) is 13.1 Å². The highest BCUT2D eigenvalue weighted by atomic mass is 16.2. The second-order valence-corrected chi connectivity index (χ2v) is 7.03. The van der Waals surface area contributed by atoms with E-state index in [1.807, 2.05) is 58.6 Å². The van der Waals surface area contributed by atoms with Gasteiger partial charge < -0.3 is 10.6 Å². The number of hydrogen-bond acceptors (Lipinski definition) is 3. The van der Waals surface area contributed by atoms with Crippen LogP contribution in [0.5, 0.6) is 0 Å². The van der Waals surface area contributed by atoms with Crippen molar-refractivity contribution < 1.29 is 9.59 Å². The molecule has 0 spiro atoms. The number of carbonyl (C=O) groups is 2. The van der Waals surface area contributed by atoms with Gasteiger partial charge in [-0.15, -0.1) is 0 Å². The Morgan fingerprint density at radius 1 is 1.00 bits per heavy atom. The standard InChI is InChI=1S/C18H29N3O2/c1-7-21(12-17(23)20-18(4,5)6)11-16(22)19-15-9-13(2)8-14(3)10-15/h8-10H,7,11-12H2,1-6H3,(H,19,22)(H,20,23). The fourth-order valence-electron chi connectivity index (χ4n) is 2.39. The Morgan fingerprint density at radius 2 is 1.52 bits per heavy atom. The number of benzene rings is 1. The number of nitrogens with one attached hydrogen (secondary N) is 2. The largest absolute Gasteiger partial charge is 0.350 e. The summed E-state index contributed by atoms with van der Waals surface area (Å²) in [4.78, 5) is 26.0. The molecule has 0 aliphatic heterocycles. The van der Waals surface area contributed by atoms with Crippen LogP contribution in [-0.2, 0) is 9.59 Å². The lowest BCUT2D eigenvalue weighted by atomic mass is 10.1. The van der Waals surface area contributed by atoms with Crippen molar-refractivity contribution >= 4 is 17.5 Å². The Morgan fingerprint density at radius 3 is 2.00 bits per heavy atom. The minimum absolute atomic E-state index is 0.0708. The summed E-state index contributed by atoms with van der Waals surface area (Å²) in [5.74, 6) is -0.182. The summed E-state index contributed by atoms with van der Waals surface area (Å²) in [6, 6.07) is 5.94. The number of nitrogens with zero attached hydrogens (tertiary/aromatic N) is 1. The van der Waals surface area contributed by atoms with Crippen molar-refractivity contribution in [3.8, 4) is 0 Å². The zero-order valence-electron chi connectivity index (χ0n) is 15.1. The van der Waals surface area contributed by atoms with E-state index in [0.717, 1.165) is 16.8 Å². The van der Waals surface area contributed by atoms with Crippen molar-refractivity contribution in [1.82, 2.24) is 10.2 Å². The molecule has 0 aliphatic rings. The van der Waals surface area contributed by atoms with Crippen molar-refractivity contribution in [3.63, 3.8) is 0 Å². The Hall–Kier alpha value is -1.88. The van der Waals surface area contributed by atoms with E-state index in [1.165, 1.54) is 0 Å². The normalized spacial score (nSPS) is 11.4. The molecule has 5 nitrogen and oxygen atoms in total. The zero-order chi connectivity index (χ0) is 17.6. The predicted octanol–water partition coefficient (Wildman–Crippen LogP) is 2.48. The molecule has 0 saturated carbocycles. The Kier molecular flexibility index (Phi) is 6.76. The molecule has 5 heteroatoms. The van der Waals surface area contributed by atoms with Crippen molar-refractivity contribution in [2.45, 2.75) is 47.1 Å². The van der Waals surface area contributed by atoms with Gasteiger partial charge >= 0.3 is 0 Å². The number of anilines is 1. The number of rotatable bonds is 6. The van der Waals surface area contributed by atoms with Gasteiger partial charge in [-0.3, -0.25) is 14.5 Å². The van der Waals surface area contributed by atoms with Crippen LogP contribution in [0.15, 0.2) is 18.2 Å². The highest BCUT2D eigenvalue weighted by molar-refractivity contribution is 5.92. The smallest absolute Gasteiger partial charge is 0.238 e. The first-order valence-electron chi connectivity index (χ1n) is 8.00. The van der Waals surface area contributed by atoms with Crippen LogP contribution in [0.2, 0.25) is 0 Å². The molecule has 0 aliphatic carbocycles. The fraction of sp³-hybridized carbons (Fsp3) is 0.556. The molecule has 0 atom stereocenters. The van der Waals surface area contributed by atoms with Gasteiger partial charge in [0.2, 0.25) is 11.8 Å². The molecule has 2 amide bonds. The lowest BCUT2D eigenvalue weighted by molar-refractivity contribution is -0.124. The minimum Gasteiger partial charge on any atom is -0.350 e. The Balaban J connectivity index is 2.57. The molecule has 23 heavy (non-hydrogen) atoms. The Labute approximate surface area is 139 Å². The molecule has 128 valence electrons. The van der Waals surface area contributed by atoms with Gasteiger partial charge in [0.15, 0.2) is 0 Å². The van der Waals surface area contributed by atoms with E-state index in [0.29, 0.717) is 6.54 Å². The van der Waals surface area contributed by atoms with Gasteiger partial charge in [-0.1, -0.05) is 13.0 Å². The summed E-state index contributed by atoms with van der Waals surface area (Å²) < 4.78 is 0. The van der Waals surface area contributed by atoms with Crippen molar-refractivity contribution in [1.29, 1.82) is 0 Å². The van der Waals surface area contributed by atoms with Crippen LogP contribution >= 0.6 is 0 Å². The van der Waals surface area contributed by atoms with Crippen LogP contribution in [0, 0.1) is 13.8 Å². The topological polar surface area (TPSA) is 61.4 Å². The summed E-state index contributed by atoms with van der Waals surface area (Å²) in [5, 5.41) is 5.81. The van der Waals surface area contributed by atoms with Crippen LogP contribution < -0.4 is 10.6 Å². The van der Waals surface area contributed by atoms with Crippen LogP contribution in [0.4, 0.5) is 5.69 Å². The first-order valence-corrected chi connectivity index (χ1v) is 8.00. The maximum absolute atomic E-state index is 12.2. The third kappa shape index (κ3) is 7.79. The van der Waals surface area contributed by atoms with E-state index in [4.69, 9.17) is 0 Å². The first kappa shape index (κ1) is 19.2. The van der Waals surface area contributed by atoms with Crippen LogP contribution in [0.3, 0.4) is 0 Å². The molecule has 2 N–H and O–H groups in total. The minimum atomic E-state index is -0.266. The maximum atomic E-state index is 12.2. The van der Waals surface area contributed by atoms with Gasteiger partial charge in [0, 0.05) is 11.2 Å². The number of hydrogen-bond donors (Lipinski definition) is 2. The number of likely N-dealkylation sites (N-methyl/N-ethyl adjacent to an activating group) is 1. The van der Waals surface area contributed by atoms with E-state index in [-0.39, 0.29) is 30.4 Å². The van der Waals surface area contributed by atoms with Crippen molar-refractivity contribution in [3.05, 3.63) is 29.3 Å².